The first-order valence-corrected chi connectivity index (χ1v) is 8.48. The van der Waals surface area contributed by atoms with Gasteiger partial charge in [0.25, 0.3) is 5.92 Å². The first-order valence-electron chi connectivity index (χ1n) is 8.11. The zero-order valence-electron chi connectivity index (χ0n) is 13.5. The molecule has 0 aromatic heterocycles. The predicted molar refractivity (Wildman–Crippen MR) is 90.4 cm³/mol. The molecule has 4 nitrogen and oxygen atoms in total. The highest BCUT2D eigenvalue weighted by molar-refractivity contribution is 6.30. The van der Waals surface area contributed by atoms with Crippen molar-refractivity contribution < 1.29 is 18.7 Å². The smallest absolute Gasteiger partial charge is 0.282 e. The number of hydroxylamine groups is 2. The fraction of sp³-hybridized carbons (Fsp3) is 0.389. The van der Waals surface area contributed by atoms with Crippen LogP contribution in [0, 0.1) is 5.92 Å². The SMILES string of the molecule is CC(F)(F)[C@@]1(OCC2CC2)C2=CC=CN(O)C2=Nc2ccc(Cl)cc21. The van der Waals surface area contributed by atoms with E-state index < -0.39 is 11.5 Å². The van der Waals surface area contributed by atoms with Gasteiger partial charge >= 0.3 is 0 Å². The van der Waals surface area contributed by atoms with E-state index in [4.69, 9.17) is 16.3 Å². The Hall–Kier alpha value is -1.76. The zero-order valence-corrected chi connectivity index (χ0v) is 14.3. The van der Waals surface area contributed by atoms with E-state index in [0.717, 1.165) is 24.8 Å². The van der Waals surface area contributed by atoms with Crippen LogP contribution in [0.15, 0.2) is 47.1 Å². The number of aliphatic imine (C=N–C) groups is 1. The average molecular weight is 367 g/mol. The van der Waals surface area contributed by atoms with Gasteiger partial charge in [-0.1, -0.05) is 17.7 Å². The Kier molecular flexibility index (Phi) is 3.76. The number of amidine groups is 1. The van der Waals surface area contributed by atoms with Crippen molar-refractivity contribution in [2.24, 2.45) is 10.9 Å². The molecule has 1 saturated carbocycles. The summed E-state index contributed by atoms with van der Waals surface area (Å²) in [5, 5.41) is 11.2. The predicted octanol–water partition coefficient (Wildman–Crippen LogP) is 4.81. The van der Waals surface area contributed by atoms with Gasteiger partial charge in [0.1, 0.15) is 0 Å². The molecule has 0 bridgehead atoms. The van der Waals surface area contributed by atoms with Crippen LogP contribution in [0.5, 0.6) is 0 Å². The van der Waals surface area contributed by atoms with Crippen LogP contribution in [0.3, 0.4) is 0 Å². The zero-order chi connectivity index (χ0) is 17.8. The fourth-order valence-electron chi connectivity index (χ4n) is 3.31. The number of nitrogens with zero attached hydrogens (tertiary/aromatic N) is 2. The van der Waals surface area contributed by atoms with Gasteiger partial charge < -0.3 is 4.74 Å². The Bertz CT molecular complexity index is 812. The van der Waals surface area contributed by atoms with Gasteiger partial charge in [0.15, 0.2) is 11.4 Å². The summed E-state index contributed by atoms with van der Waals surface area (Å²) >= 11 is 6.09. The molecule has 132 valence electrons. The van der Waals surface area contributed by atoms with Gasteiger partial charge in [0.05, 0.1) is 12.3 Å². The Morgan fingerprint density at radius 2 is 2.20 bits per heavy atom. The maximum absolute atomic E-state index is 15.1. The van der Waals surface area contributed by atoms with Gasteiger partial charge in [-0.2, -0.15) is 0 Å². The average Bonchev–Trinajstić information content (AvgIpc) is 3.36. The molecule has 1 N–H and O–H groups in total. The Balaban J connectivity index is 1.97. The standard InChI is InChI=1S/C18H17ClF2N2O2/c1-17(20,21)18(25-10-11-4-5-11)13-3-2-8-23(24)16(13)22-15-7-6-12(19)9-14(15)18/h2-3,6-9,11,24H,4-5,10H2,1H3/t18-/m1/s1. The fourth-order valence-corrected chi connectivity index (χ4v) is 3.48. The van der Waals surface area contributed by atoms with E-state index in [2.05, 4.69) is 4.99 Å². The molecule has 1 aromatic carbocycles. The van der Waals surface area contributed by atoms with Crippen LogP contribution in [-0.4, -0.2) is 28.6 Å². The lowest BCUT2D eigenvalue weighted by Gasteiger charge is -2.45. The van der Waals surface area contributed by atoms with Gasteiger partial charge in [0, 0.05) is 29.3 Å². The molecule has 1 atom stereocenters. The molecule has 1 fully saturated rings. The van der Waals surface area contributed by atoms with E-state index >= 15 is 8.78 Å². The molecule has 4 rings (SSSR count). The largest absolute Gasteiger partial charge is 0.359 e. The first-order chi connectivity index (χ1) is 11.8. The minimum atomic E-state index is -3.26. The van der Waals surface area contributed by atoms with Crippen LogP contribution in [0.25, 0.3) is 0 Å². The van der Waals surface area contributed by atoms with Gasteiger partial charge in [-0.25, -0.2) is 18.8 Å². The third-order valence-electron chi connectivity index (χ3n) is 4.74. The van der Waals surface area contributed by atoms with E-state index in [-0.39, 0.29) is 29.5 Å². The molecular weight excluding hydrogens is 350 g/mol. The summed E-state index contributed by atoms with van der Waals surface area (Å²) in [7, 11) is 0. The summed E-state index contributed by atoms with van der Waals surface area (Å²) < 4.78 is 36.0. The van der Waals surface area contributed by atoms with Crippen LogP contribution < -0.4 is 0 Å². The van der Waals surface area contributed by atoms with Gasteiger partial charge in [-0.05, 0) is 43.0 Å². The van der Waals surface area contributed by atoms with Crippen molar-refractivity contribution in [3.8, 4) is 0 Å². The van der Waals surface area contributed by atoms with Gasteiger partial charge in [-0.15, -0.1) is 0 Å². The lowest BCUT2D eigenvalue weighted by Crippen LogP contribution is -2.53. The molecule has 0 saturated heterocycles. The molecule has 1 aliphatic carbocycles. The van der Waals surface area contributed by atoms with Crippen molar-refractivity contribution >= 4 is 23.1 Å². The van der Waals surface area contributed by atoms with Gasteiger partial charge in [-0.3, -0.25) is 5.21 Å². The first kappa shape index (κ1) is 16.7. The Morgan fingerprint density at radius 3 is 2.88 bits per heavy atom. The van der Waals surface area contributed by atoms with Crippen LogP contribution in [0.1, 0.15) is 25.3 Å². The number of halogens is 3. The maximum Gasteiger partial charge on any atom is 0.282 e. The lowest BCUT2D eigenvalue weighted by atomic mass is 9.76. The Labute approximate surface area is 149 Å². The molecule has 0 amide bonds. The molecule has 1 aromatic rings. The molecule has 2 aliphatic heterocycles. The second-order valence-electron chi connectivity index (χ2n) is 6.69. The summed E-state index contributed by atoms with van der Waals surface area (Å²) in [5.41, 5.74) is -1.41. The van der Waals surface area contributed by atoms with Crippen LogP contribution in [0.2, 0.25) is 5.02 Å². The maximum atomic E-state index is 15.1. The molecule has 0 radical (unpaired) electrons. The topological polar surface area (TPSA) is 45.1 Å². The molecule has 25 heavy (non-hydrogen) atoms. The van der Waals surface area contributed by atoms with Crippen molar-refractivity contribution in [1.82, 2.24) is 5.06 Å². The third kappa shape index (κ3) is 2.60. The summed E-state index contributed by atoms with van der Waals surface area (Å²) in [6.45, 7) is 1.05. The minimum Gasteiger partial charge on any atom is -0.359 e. The second-order valence-corrected chi connectivity index (χ2v) is 7.12. The van der Waals surface area contributed by atoms with Crippen LogP contribution >= 0.6 is 11.6 Å². The van der Waals surface area contributed by atoms with E-state index in [1.54, 1.807) is 12.1 Å². The van der Waals surface area contributed by atoms with Crippen molar-refractivity contribution in [2.75, 3.05) is 6.61 Å². The number of alkyl halides is 2. The molecule has 0 spiro atoms. The Morgan fingerprint density at radius 1 is 1.44 bits per heavy atom. The molecule has 3 aliphatic rings. The number of hydrogen-bond acceptors (Lipinski definition) is 4. The number of fused-ring (bicyclic) bond motifs is 2. The third-order valence-corrected chi connectivity index (χ3v) is 4.98. The highest BCUT2D eigenvalue weighted by atomic mass is 35.5. The molecule has 0 unspecified atom stereocenters. The van der Waals surface area contributed by atoms with Crippen LogP contribution in [0.4, 0.5) is 14.5 Å². The van der Waals surface area contributed by atoms with Crippen molar-refractivity contribution in [2.45, 2.75) is 31.3 Å². The monoisotopic (exact) mass is 366 g/mol. The number of hydrogen-bond donors (Lipinski definition) is 1. The van der Waals surface area contributed by atoms with E-state index in [1.807, 2.05) is 0 Å². The van der Waals surface area contributed by atoms with Crippen LogP contribution in [-0.2, 0) is 10.3 Å². The summed E-state index contributed by atoms with van der Waals surface area (Å²) in [4.78, 5) is 4.34. The number of benzene rings is 1. The minimum absolute atomic E-state index is 0.0367. The summed E-state index contributed by atoms with van der Waals surface area (Å²) in [6, 6.07) is 4.62. The number of rotatable bonds is 4. The van der Waals surface area contributed by atoms with E-state index in [9.17, 15) is 5.21 Å². The van der Waals surface area contributed by atoms with Crippen molar-refractivity contribution in [3.05, 3.63) is 52.7 Å². The number of ether oxygens (including phenoxy) is 1. The normalized spacial score (nSPS) is 25.2. The second kappa shape index (κ2) is 5.62. The molecule has 7 heteroatoms. The van der Waals surface area contributed by atoms with Gasteiger partial charge in [0.2, 0.25) is 0 Å². The highest BCUT2D eigenvalue weighted by Crippen LogP contribution is 2.54. The van der Waals surface area contributed by atoms with E-state index in [1.165, 1.54) is 24.4 Å². The van der Waals surface area contributed by atoms with E-state index in [0.29, 0.717) is 10.7 Å². The molecular formula is C18H17ClF2N2O2. The summed E-state index contributed by atoms with van der Waals surface area (Å²) in [6.07, 6.45) is 6.30. The highest BCUT2D eigenvalue weighted by Gasteiger charge is 2.60. The van der Waals surface area contributed by atoms with Crippen molar-refractivity contribution in [1.29, 1.82) is 0 Å². The quantitative estimate of drug-likeness (QED) is 0.832. The summed E-state index contributed by atoms with van der Waals surface area (Å²) in [5.74, 6) is -2.94. The lowest BCUT2D eigenvalue weighted by molar-refractivity contribution is -0.186. The van der Waals surface area contributed by atoms with Crippen molar-refractivity contribution in [3.63, 3.8) is 0 Å². The molecule has 2 heterocycles. The number of allylic oxidation sites excluding steroid dienone is 2.